The minimum Gasteiger partial charge on any atom is -0.508 e. The maximum absolute atomic E-state index is 13.2. The number of amides is 1. The predicted molar refractivity (Wildman–Crippen MR) is 717 cm³/mol. The lowest BCUT2D eigenvalue weighted by molar-refractivity contribution is 0.140. The molecule has 0 aliphatic heterocycles. The molecule has 8 nitrogen and oxygen atoms in total. The smallest absolute Gasteiger partial charge is 0.407 e. The number of ether oxygens (including phenoxy) is 3. The number of phenolic OH excluding ortho intramolecular Hbond substituents is 2. The molecule has 5 N–H and O–H groups in total. The van der Waals surface area contributed by atoms with Crippen LogP contribution >= 0.6 is 0 Å². The van der Waals surface area contributed by atoms with Gasteiger partial charge in [-0.15, -0.1) is 38.5 Å². The molecule has 1 aliphatic rings. The van der Waals surface area contributed by atoms with Crippen LogP contribution in [0.15, 0.2) is 146 Å². The lowest BCUT2D eigenvalue weighted by Gasteiger charge is -2.21. The van der Waals surface area contributed by atoms with Gasteiger partial charge in [-0.25, -0.2) is 4.79 Å². The first-order chi connectivity index (χ1) is 67.7. The Labute approximate surface area is 930 Å². The van der Waals surface area contributed by atoms with Gasteiger partial charge in [0.2, 0.25) is 0 Å². The van der Waals surface area contributed by atoms with Crippen LogP contribution in [0.25, 0.3) is 11.1 Å². The van der Waals surface area contributed by atoms with Crippen LogP contribution in [0.3, 0.4) is 0 Å². The van der Waals surface area contributed by atoms with Crippen molar-refractivity contribution in [2.75, 3.05) is 6.61 Å². The molecule has 774 valence electrons. The lowest BCUT2D eigenvalue weighted by Crippen LogP contribution is -2.31. The molecule has 2 unspecified atom stereocenters. The third kappa shape index (κ3) is 52.4. The van der Waals surface area contributed by atoms with Gasteiger partial charge in [0.15, 0.2) is 0 Å². The number of carbonyl (C=O) groups is 1. The molecular weight excluding hydrogens is 1670 g/mol. The van der Waals surface area contributed by atoms with Gasteiger partial charge in [0, 0.05) is 318 Å². The molecule has 0 bridgehead atoms. The minimum absolute atomic E-state index is 0. The van der Waals surface area contributed by atoms with Crippen molar-refractivity contribution in [3.63, 3.8) is 0 Å². The summed E-state index contributed by atoms with van der Waals surface area (Å²) < 4.78 is 16.6. The van der Waals surface area contributed by atoms with E-state index in [1.54, 1.807) is 72.8 Å². The fraction of sp³-hybridized carbons (Fsp3) is 0.0310. The van der Waals surface area contributed by atoms with Crippen LogP contribution < -0.4 is 20.5 Å². The third-order valence-electron chi connectivity index (χ3n) is 13.8. The first kappa shape index (κ1) is 104. The van der Waals surface area contributed by atoms with E-state index in [4.69, 9.17) is 58.5 Å². The summed E-state index contributed by atoms with van der Waals surface area (Å²) in [5, 5.41) is 22.2. The van der Waals surface area contributed by atoms with Crippen molar-refractivity contribution in [2.24, 2.45) is 5.73 Å². The Hall–Kier alpha value is -25.6. The van der Waals surface area contributed by atoms with Crippen LogP contribution in [0.1, 0.15) is 174 Å². The Kier molecular flexibility index (Phi) is 56.2. The van der Waals surface area contributed by atoms with Crippen molar-refractivity contribution < 1.29 is 152 Å². The molecule has 1 amide bonds. The largest absolute Gasteiger partial charge is 0.508 e. The Morgan fingerprint density at radius 1 is 0.263 bits per heavy atom. The summed E-state index contributed by atoms with van der Waals surface area (Å²) in [6, 6.07) is 43.1. The van der Waals surface area contributed by atoms with Crippen LogP contribution in [-0.2, 0) is 4.74 Å². The normalized spacial score (nSPS) is 7.12. The summed E-state index contributed by atoms with van der Waals surface area (Å²) >= 11 is 0. The van der Waals surface area contributed by atoms with Gasteiger partial charge in [-0.05, 0) is 377 Å². The molecule has 0 aromatic heterocycles. The van der Waals surface area contributed by atoms with E-state index in [-0.39, 0.29) is 153 Å². The maximum Gasteiger partial charge on any atom is 0.407 e. The van der Waals surface area contributed by atoms with E-state index < -0.39 is 12.1 Å². The molecule has 1 aliphatic carbocycles. The standard InChI is InChI=1S/C50H23NO4.C35H13NO2.2C22H2.86H2/c1-2-3-4-5-6-7-8-9-10-11-12-13-14-15-16-17-18-19-20-25-38-54-43-36-32-41(33-37-43)49(40-30-34-42(52)35-31-40)51-50(53)55-39-48-46-28-23-21-26-44(46)45-27-22-24-29-47(45)48;1-2-3-4-5-6-7-8-9-10-11-12-13-14-15-16-17-18-19-20-21-30-38-34-28-24-32(25-29-34)35(36)31-22-26-33(37)27-23-31;2*1-3-5-7-9-11-13-15-17-19-21-22-20-18-16-14-12-10-8-6-4-2;;;;;;;;;;;;;;;;;;;;;;;;;;;;;;;;;;;;;;;;;;;;;;;;;;;;;;;;;;;;;;;;;;;;;;;;;;;;;;;;;;;;;;/h1,21-24,26-37,48-49,52H,39H2,(H,51,53);1,22-29,35,37H,36H2;2*1-2H;86*1H. The minimum atomic E-state index is -0.572. The summed E-state index contributed by atoms with van der Waals surface area (Å²) in [7, 11) is 0. The summed E-state index contributed by atoms with van der Waals surface area (Å²) in [6.07, 6.45) is 33.9. The molecule has 0 fully saturated rings. The number of terminal acetylenes is 6. The zero-order valence-electron chi connectivity index (χ0n) is 70.9. The van der Waals surface area contributed by atoms with Gasteiger partial charge in [-0.3, -0.25) is 0 Å². The van der Waals surface area contributed by atoms with Gasteiger partial charge in [0.25, 0.3) is 0 Å². The molecule has 0 spiro atoms. The lowest BCUT2D eigenvalue weighted by atomic mass is 9.98. The number of rotatable bonds is 9. The number of benzene rings is 6. The van der Waals surface area contributed by atoms with Crippen LogP contribution in [0.2, 0.25) is 0 Å². The number of hydrogen-bond donors (Lipinski definition) is 4. The number of fused-ring (bicyclic) bond motifs is 3. The summed E-state index contributed by atoms with van der Waals surface area (Å²) in [4.78, 5) is 13.2. The topological polar surface area (TPSA) is 123 Å². The molecule has 6 aromatic rings. The molecule has 0 heterocycles. The third-order valence-corrected chi connectivity index (χ3v) is 13.8. The van der Waals surface area contributed by atoms with Crippen molar-refractivity contribution in [3.05, 3.63) is 179 Å². The van der Waals surface area contributed by atoms with E-state index in [1.807, 2.05) is 48.5 Å². The second-order valence-corrected chi connectivity index (χ2v) is 22.2. The maximum atomic E-state index is 13.2. The van der Waals surface area contributed by atoms with E-state index in [0.29, 0.717) is 11.5 Å². The van der Waals surface area contributed by atoms with Crippen LogP contribution in [0, 0.1) is 524 Å². The van der Waals surface area contributed by atoms with Crippen LogP contribution in [-0.4, -0.2) is 22.9 Å². The van der Waals surface area contributed by atoms with Crippen molar-refractivity contribution >= 4 is 6.09 Å². The van der Waals surface area contributed by atoms with E-state index in [9.17, 15) is 15.0 Å². The molecule has 0 saturated carbocycles. The second-order valence-electron chi connectivity index (χ2n) is 22.2. The van der Waals surface area contributed by atoms with Crippen molar-refractivity contribution in [2.45, 2.75) is 18.0 Å². The average molecular weight is 1890 g/mol. The Morgan fingerprint density at radius 2 is 0.445 bits per heavy atom. The number of carbonyl (C=O) groups excluding carboxylic acids is 1. The van der Waals surface area contributed by atoms with Crippen molar-refractivity contribution in [3.8, 4) is 559 Å². The van der Waals surface area contributed by atoms with E-state index in [2.05, 4.69) is 515 Å². The summed E-state index contributed by atoms with van der Waals surface area (Å²) in [5.74, 6) is 197. The van der Waals surface area contributed by atoms with Crippen LogP contribution in [0.4, 0.5) is 4.79 Å². The molecule has 2 atom stereocenters. The SMILES string of the molecule is C#CC#CC#CC#CC#CC#CC#CC#CC#CC#CC#C.C#CC#CC#CC#CC#CC#CC#CC#CC#CC#CC#C.C#CC#CC#CC#CC#CC#CC#CC#CC#CC#CC#COc1ccc(C(N)c2ccc(O)cc2)cc1.C#CC#CC#CC#CC#CC#CC#CC#CC#CC#CC#COc1ccc(C(NC(=O)OCC2c3ccccc3-c3ccccc32)c2ccc(O)cc2)cc1.[HH].[HH].[HH].[HH].[HH].[HH].[HH].[HH].[HH].[HH].[HH].[HH].[HH].[HH].[HH].[HH].[HH].[HH].[HH].[HH].[HH].[HH].[HH].[HH].[HH].[HH].[HH].[HH].[HH].[HH].[HH].[HH].[HH].[HH].[HH].[HH].[HH].[HH].[HH].[HH].[HH].[HH].[HH].[HH].[HH].[HH].[HH].[HH].[HH].[HH].[HH].[HH].[HH].[HH].[HH].[HH].[HH].[HH].[HH].[HH].[HH].[HH].[HH].[HH].[HH].[HH].[HH].[HH].[HH].[HH].[HH].[HH].[HH].[HH].[HH].[HH].[HH].[HH].[HH].[HH].[HH].[HH].[HH].[HH].[HH].[HH]. The highest BCUT2D eigenvalue weighted by Crippen LogP contribution is 2.44. The van der Waals surface area contributed by atoms with E-state index >= 15 is 0 Å². The van der Waals surface area contributed by atoms with E-state index in [0.717, 1.165) is 44.5 Å². The highest BCUT2D eigenvalue weighted by molar-refractivity contribution is 5.79. The zero-order chi connectivity index (χ0) is 97.7. The number of aromatic hydroxyl groups is 2. The van der Waals surface area contributed by atoms with Crippen molar-refractivity contribution in [1.82, 2.24) is 5.32 Å². The number of alkyl carbamates (subject to hydrolysis) is 1. The van der Waals surface area contributed by atoms with Crippen LogP contribution in [0.5, 0.6) is 23.0 Å². The molecule has 137 heavy (non-hydrogen) atoms. The monoisotopic (exact) mass is 1890 g/mol. The molecule has 6 aromatic carbocycles. The molecular formula is C129H212N2O6. The van der Waals surface area contributed by atoms with Gasteiger partial charge in [-0.2, -0.15) is 0 Å². The van der Waals surface area contributed by atoms with Gasteiger partial charge >= 0.3 is 6.09 Å². The van der Waals surface area contributed by atoms with Gasteiger partial charge in [-0.1, -0.05) is 97.1 Å². The Bertz CT molecular complexity index is 8650. The highest BCUT2D eigenvalue weighted by atomic mass is 16.5. The summed E-state index contributed by atoms with van der Waals surface area (Å²) in [5.41, 5.74) is 14.1. The molecule has 0 radical (unpaired) electrons. The second kappa shape index (κ2) is 74.2. The molecule has 7 rings (SSSR count). The van der Waals surface area contributed by atoms with Gasteiger partial charge in [0.05, 0.1) is 12.1 Å². The first-order valence-corrected chi connectivity index (χ1v) is 37.4. The quantitative estimate of drug-likeness (QED) is 0.106. The van der Waals surface area contributed by atoms with Gasteiger partial charge < -0.3 is 35.5 Å². The number of hydrogen-bond acceptors (Lipinski definition) is 7. The fourth-order valence-electron chi connectivity index (χ4n) is 8.63. The Morgan fingerprint density at radius 3 is 0.664 bits per heavy atom. The van der Waals surface area contributed by atoms with Gasteiger partial charge in [0.1, 0.15) is 41.8 Å². The number of nitrogens with two attached hydrogens (primary N) is 1. The predicted octanol–water partition coefficient (Wildman–Crippen LogP) is 30.2. The fourth-order valence-corrected chi connectivity index (χ4v) is 8.63. The van der Waals surface area contributed by atoms with E-state index in [1.165, 1.54) is 0 Å². The summed E-state index contributed by atoms with van der Waals surface area (Å²) in [6.45, 7) is 0.179. The van der Waals surface area contributed by atoms with Crippen molar-refractivity contribution in [1.29, 1.82) is 0 Å². The molecule has 0 saturated heterocycles. The Balaban J connectivity index is -0.0000000133. The zero-order valence-corrected chi connectivity index (χ0v) is 70.9. The number of nitrogens with one attached hydrogen (secondary N) is 1. The number of phenols is 2. The average Bonchev–Trinajstić information content (AvgIpc) is 1.61. The highest BCUT2D eigenvalue weighted by Gasteiger charge is 2.30. The molecule has 8 heteroatoms. The first-order valence-electron chi connectivity index (χ1n) is 37.4.